The predicted molar refractivity (Wildman–Crippen MR) is 390 cm³/mol. The molecule has 10 aromatic carbocycles. The zero-order valence-corrected chi connectivity index (χ0v) is 56.9. The van der Waals surface area contributed by atoms with Gasteiger partial charge in [0.15, 0.2) is 0 Å². The molecule has 0 bridgehead atoms. The van der Waals surface area contributed by atoms with Crippen molar-refractivity contribution in [3.05, 3.63) is 326 Å². The number of aryl methyl sites for hydroxylation is 15. The van der Waals surface area contributed by atoms with Crippen LogP contribution in [0.5, 0.6) is 0 Å². The molecular weight excluding hydrogens is 1220 g/mol. The van der Waals surface area contributed by atoms with E-state index in [0.717, 1.165) is 121 Å². The van der Waals surface area contributed by atoms with Crippen molar-refractivity contribution in [2.24, 2.45) is 0 Å². The summed E-state index contributed by atoms with van der Waals surface area (Å²) in [5.74, 6) is 0. The van der Waals surface area contributed by atoms with Gasteiger partial charge in [0, 0.05) is 24.5 Å². The van der Waals surface area contributed by atoms with E-state index in [-0.39, 0.29) is 23.5 Å². The van der Waals surface area contributed by atoms with Gasteiger partial charge in [-0.25, -0.2) is 0 Å². The molecular formula is C80H90F5S5. The molecule has 0 spiro atoms. The third-order valence-corrected chi connectivity index (χ3v) is 16.6. The lowest BCUT2D eigenvalue weighted by molar-refractivity contribution is 0.955. The highest BCUT2D eigenvalue weighted by atomic mass is 32.1. The Morgan fingerprint density at radius 3 is 0.311 bits per heavy atom. The second-order valence-corrected chi connectivity index (χ2v) is 23.9. The van der Waals surface area contributed by atoms with Gasteiger partial charge in [-0.1, -0.05) is 280 Å². The maximum Gasteiger partial charge on any atom is 0.0377 e. The molecule has 10 rings (SSSR count). The van der Waals surface area contributed by atoms with Crippen molar-refractivity contribution >= 4 is 63.1 Å². The Morgan fingerprint density at radius 1 is 0.144 bits per heavy atom. The second kappa shape index (κ2) is 46.1. The Bertz CT molecular complexity index is 2840. The van der Waals surface area contributed by atoms with Crippen LogP contribution in [0.4, 0.5) is 23.5 Å². The van der Waals surface area contributed by atoms with E-state index in [1.165, 1.54) is 83.5 Å². The van der Waals surface area contributed by atoms with Crippen LogP contribution in [0, 0.1) is 0 Å². The highest BCUT2D eigenvalue weighted by Gasteiger charge is 2.02. The van der Waals surface area contributed by atoms with Gasteiger partial charge in [0.1, 0.15) is 0 Å². The summed E-state index contributed by atoms with van der Waals surface area (Å²) in [7, 11) is 0. The van der Waals surface area contributed by atoms with Gasteiger partial charge < -0.3 is 0 Å². The van der Waals surface area contributed by atoms with Gasteiger partial charge in [-0.3, -0.25) is 23.5 Å². The summed E-state index contributed by atoms with van der Waals surface area (Å²) in [4.78, 5) is 4.59. The Hall–Kier alpha value is -7.05. The maximum absolute atomic E-state index is 5.08. The third kappa shape index (κ3) is 31.6. The monoisotopic (exact) mass is 1310 g/mol. The van der Waals surface area contributed by atoms with Gasteiger partial charge in [-0.15, -0.1) is 0 Å². The van der Waals surface area contributed by atoms with Crippen LogP contribution >= 0.6 is 63.1 Å². The highest BCUT2D eigenvalue weighted by Crippen LogP contribution is 2.18. The molecule has 0 amide bonds. The van der Waals surface area contributed by atoms with Crippen LogP contribution in [0.2, 0.25) is 0 Å². The van der Waals surface area contributed by atoms with E-state index in [1.807, 2.05) is 60.7 Å². The van der Waals surface area contributed by atoms with E-state index in [4.69, 9.17) is 63.1 Å². The minimum atomic E-state index is 0. The summed E-state index contributed by atoms with van der Waals surface area (Å²) in [5, 5.41) is 0. The quantitative estimate of drug-likeness (QED) is 0.0667. The van der Waals surface area contributed by atoms with Crippen molar-refractivity contribution in [3.8, 4) is 0 Å². The molecule has 90 heavy (non-hydrogen) atoms. The molecule has 0 aliphatic rings. The molecule has 0 aromatic heterocycles. The van der Waals surface area contributed by atoms with Crippen LogP contribution in [-0.2, 0) is 96.3 Å². The first-order valence-electron chi connectivity index (χ1n) is 30.6. The summed E-state index contributed by atoms with van der Waals surface area (Å²) in [6.07, 6.45) is 16.5. The van der Waals surface area contributed by atoms with E-state index in [9.17, 15) is 0 Å². The predicted octanol–water partition coefficient (Wildman–Crippen LogP) is 23.7. The van der Waals surface area contributed by atoms with Gasteiger partial charge in [0.25, 0.3) is 0 Å². The van der Waals surface area contributed by atoms with Crippen molar-refractivity contribution in [2.75, 3.05) is 0 Å². The van der Waals surface area contributed by atoms with Gasteiger partial charge in [-0.2, -0.15) is 0 Å². The lowest BCUT2D eigenvalue weighted by Gasteiger charge is -2.03. The van der Waals surface area contributed by atoms with E-state index < -0.39 is 0 Å². The average molecular weight is 1310 g/mol. The Labute approximate surface area is 564 Å². The molecule has 10 heteroatoms. The standard InChI is InChI=1S/5C16H17S.5FH/c5*1-2-13-3-5-14(6-4-13)7-8-15-9-11-16(17)12-10-15;;;;;/h5*3-6,9-12H,2,7-8H2,1H3;5*1H. The van der Waals surface area contributed by atoms with Crippen molar-refractivity contribution in [3.63, 3.8) is 0 Å². The van der Waals surface area contributed by atoms with E-state index in [2.05, 4.69) is 217 Å². The zero-order valence-electron chi connectivity index (χ0n) is 52.8. The molecule has 0 unspecified atom stereocenters. The van der Waals surface area contributed by atoms with Crippen molar-refractivity contribution in [1.82, 2.24) is 0 Å². The van der Waals surface area contributed by atoms with Crippen molar-refractivity contribution < 1.29 is 23.5 Å². The molecule has 0 atom stereocenters. The minimum absolute atomic E-state index is 0. The van der Waals surface area contributed by atoms with Gasteiger partial charge in [0.05, 0.1) is 0 Å². The fourth-order valence-electron chi connectivity index (χ4n) is 9.43. The largest absolute Gasteiger partial charge is 0.269 e. The van der Waals surface area contributed by atoms with Crippen LogP contribution < -0.4 is 0 Å². The average Bonchev–Trinajstić information content (AvgIpc) is 3.65. The third-order valence-electron chi connectivity index (χ3n) is 15.3. The Balaban J connectivity index is 0.000000555. The molecule has 0 saturated heterocycles. The SMILES string of the molecule is CCc1ccc(CCc2ccc([S])cc2)cc1.CCc1ccc(CCc2ccc([S])cc2)cc1.CCc1ccc(CCc2ccc([S])cc2)cc1.CCc1ccc(CCc2ccc([S])cc2)cc1.CCc1ccc(CCc2ccc([S])cc2)cc1.F.F.F.F.F. The van der Waals surface area contributed by atoms with Gasteiger partial charge in [-0.05, 0) is 240 Å². The lowest BCUT2D eigenvalue weighted by Crippen LogP contribution is -1.91. The molecule has 0 saturated carbocycles. The number of hydrogen-bond donors (Lipinski definition) is 0. The number of benzene rings is 10. The second-order valence-electron chi connectivity index (χ2n) is 21.6. The van der Waals surface area contributed by atoms with Gasteiger partial charge >= 0.3 is 0 Å². The molecule has 0 aliphatic carbocycles. The number of hydrogen-bond acceptors (Lipinski definition) is 0. The fourth-order valence-corrected chi connectivity index (χ4v) is 10.1. The smallest absolute Gasteiger partial charge is 0.0377 e. The molecule has 10 aromatic rings. The lowest BCUT2D eigenvalue weighted by atomic mass is 10.0. The van der Waals surface area contributed by atoms with Crippen LogP contribution in [0.3, 0.4) is 0 Å². The first-order chi connectivity index (χ1) is 41.4. The molecule has 0 nitrogen and oxygen atoms in total. The molecule has 0 heterocycles. The Kier molecular flexibility index (Phi) is 41.5. The summed E-state index contributed by atoms with van der Waals surface area (Å²) in [5.41, 5.74) is 20.9. The van der Waals surface area contributed by atoms with Gasteiger partial charge in [0.2, 0.25) is 0 Å². The van der Waals surface area contributed by atoms with E-state index in [1.54, 1.807) is 0 Å². The summed E-state index contributed by atoms with van der Waals surface area (Å²) < 4.78 is 0. The Morgan fingerprint density at radius 2 is 0.222 bits per heavy atom. The first kappa shape index (κ1) is 81.0. The first-order valence-corrected chi connectivity index (χ1v) is 32.6. The fraction of sp³-hybridized carbons (Fsp3) is 0.250. The maximum atomic E-state index is 5.08. The van der Waals surface area contributed by atoms with Crippen molar-refractivity contribution in [2.45, 2.75) is 155 Å². The van der Waals surface area contributed by atoms with E-state index >= 15 is 0 Å². The van der Waals surface area contributed by atoms with Crippen LogP contribution in [0.25, 0.3) is 0 Å². The molecule has 0 aliphatic heterocycles. The summed E-state index contributed by atoms with van der Waals surface area (Å²) in [6, 6.07) is 85.9. The van der Waals surface area contributed by atoms with Crippen LogP contribution in [-0.4, -0.2) is 0 Å². The number of rotatable bonds is 20. The van der Waals surface area contributed by atoms with E-state index in [0.29, 0.717) is 0 Å². The minimum Gasteiger partial charge on any atom is -0.269 e. The normalized spacial score (nSPS) is 9.83. The molecule has 0 N–H and O–H groups in total. The summed E-state index contributed by atoms with van der Waals surface area (Å²) >= 11 is 25.4. The molecule has 475 valence electrons. The number of halogens is 5. The van der Waals surface area contributed by atoms with Crippen molar-refractivity contribution in [1.29, 1.82) is 0 Å². The molecule has 0 fully saturated rings. The highest BCUT2D eigenvalue weighted by molar-refractivity contribution is 7.81. The van der Waals surface area contributed by atoms with Crippen LogP contribution in [0.1, 0.15) is 118 Å². The molecule has 5 radical (unpaired) electrons. The van der Waals surface area contributed by atoms with Crippen LogP contribution in [0.15, 0.2) is 267 Å². The zero-order chi connectivity index (χ0) is 60.4. The topological polar surface area (TPSA) is 0 Å². The summed E-state index contributed by atoms with van der Waals surface area (Å²) in [6.45, 7) is 10.9.